The lowest BCUT2D eigenvalue weighted by Gasteiger charge is -2.14. The second kappa shape index (κ2) is 8.21. The maximum atomic E-state index is 6.31. The van der Waals surface area contributed by atoms with Gasteiger partial charge in [0.25, 0.3) is 0 Å². The van der Waals surface area contributed by atoms with Gasteiger partial charge in [0, 0.05) is 51.8 Å². The van der Waals surface area contributed by atoms with E-state index in [1.165, 1.54) is 5.56 Å². The lowest BCUT2D eigenvalue weighted by molar-refractivity contribution is 0.569. The maximum absolute atomic E-state index is 6.31. The minimum Gasteiger partial charge on any atom is -0.306 e. The van der Waals surface area contributed by atoms with Crippen LogP contribution >= 0.6 is 23.2 Å². The fourth-order valence-corrected chi connectivity index (χ4v) is 3.50. The van der Waals surface area contributed by atoms with Gasteiger partial charge in [0.15, 0.2) is 0 Å². The van der Waals surface area contributed by atoms with E-state index in [1.807, 2.05) is 42.1 Å². The van der Waals surface area contributed by atoms with Crippen LogP contribution in [0.4, 0.5) is 0 Å². The average Bonchev–Trinajstić information content (AvgIpc) is 2.90. The second-order valence-corrected chi connectivity index (χ2v) is 7.21. The summed E-state index contributed by atoms with van der Waals surface area (Å²) in [4.78, 5) is 4.18. The molecular formula is C20H22Cl2N4. The maximum Gasteiger partial charge on any atom is 0.0692 e. The van der Waals surface area contributed by atoms with E-state index in [2.05, 4.69) is 35.3 Å². The van der Waals surface area contributed by atoms with Crippen LogP contribution in [-0.2, 0) is 13.1 Å². The predicted molar refractivity (Wildman–Crippen MR) is 107 cm³/mol. The van der Waals surface area contributed by atoms with Gasteiger partial charge in [-0.2, -0.15) is 5.10 Å². The van der Waals surface area contributed by atoms with Crippen molar-refractivity contribution in [3.8, 4) is 0 Å². The molecule has 0 radical (unpaired) electrons. The molecule has 1 aromatic carbocycles. The van der Waals surface area contributed by atoms with Gasteiger partial charge in [0.2, 0.25) is 0 Å². The molecule has 6 heteroatoms. The molecule has 0 unspecified atom stereocenters. The number of benzene rings is 1. The van der Waals surface area contributed by atoms with Crippen molar-refractivity contribution in [2.24, 2.45) is 0 Å². The Morgan fingerprint density at radius 3 is 2.46 bits per heavy atom. The van der Waals surface area contributed by atoms with Gasteiger partial charge in [-0.05, 0) is 44.5 Å². The number of pyridine rings is 1. The van der Waals surface area contributed by atoms with Gasteiger partial charge in [-0.15, -0.1) is 0 Å². The number of hydrogen-bond acceptors (Lipinski definition) is 3. The van der Waals surface area contributed by atoms with Crippen LogP contribution in [0.5, 0.6) is 0 Å². The lowest BCUT2D eigenvalue weighted by atomic mass is 10.1. The Bertz CT molecular complexity index is 870. The first-order valence-electron chi connectivity index (χ1n) is 8.56. The molecule has 0 saturated heterocycles. The fraction of sp³-hybridized carbons (Fsp3) is 0.300. The number of aromatic nitrogens is 3. The highest BCUT2D eigenvalue weighted by atomic mass is 35.5. The van der Waals surface area contributed by atoms with E-state index in [1.54, 1.807) is 6.20 Å². The van der Waals surface area contributed by atoms with E-state index >= 15 is 0 Å². The SMILES string of the molecule is Cc1nn(Cc2c(Cl)cccc2Cl)c(C)c1CN[C@@H](C)c1cccnc1. The van der Waals surface area contributed by atoms with Crippen LogP contribution in [0.1, 0.15) is 41.0 Å². The topological polar surface area (TPSA) is 42.7 Å². The molecular weight excluding hydrogens is 367 g/mol. The normalized spacial score (nSPS) is 12.3. The van der Waals surface area contributed by atoms with Crippen LogP contribution < -0.4 is 5.32 Å². The summed E-state index contributed by atoms with van der Waals surface area (Å²) in [5, 5.41) is 9.56. The lowest BCUT2D eigenvalue weighted by Crippen LogP contribution is -2.19. The van der Waals surface area contributed by atoms with Crippen LogP contribution in [0, 0.1) is 13.8 Å². The van der Waals surface area contributed by atoms with E-state index in [0.29, 0.717) is 16.6 Å². The molecule has 26 heavy (non-hydrogen) atoms. The summed E-state index contributed by atoms with van der Waals surface area (Å²) in [6.45, 7) is 7.54. The first-order valence-corrected chi connectivity index (χ1v) is 9.32. The minimum absolute atomic E-state index is 0.212. The molecule has 136 valence electrons. The molecule has 0 fully saturated rings. The standard InChI is InChI=1S/C20H22Cl2N4/c1-13(16-6-5-9-23-10-16)24-11-17-14(2)25-26(15(17)3)12-18-19(21)7-4-8-20(18)22/h4-10,13,24H,11-12H2,1-3H3/t13-/m0/s1. The molecule has 3 aromatic rings. The molecule has 1 N–H and O–H groups in total. The van der Waals surface area contributed by atoms with Gasteiger partial charge in [0.1, 0.15) is 0 Å². The van der Waals surface area contributed by atoms with E-state index in [0.717, 1.165) is 29.1 Å². The second-order valence-electron chi connectivity index (χ2n) is 6.40. The van der Waals surface area contributed by atoms with Crippen molar-refractivity contribution in [1.82, 2.24) is 20.1 Å². The summed E-state index contributed by atoms with van der Waals surface area (Å²) < 4.78 is 1.97. The summed E-state index contributed by atoms with van der Waals surface area (Å²) in [5.74, 6) is 0. The van der Waals surface area contributed by atoms with Crippen LogP contribution in [-0.4, -0.2) is 14.8 Å². The number of hydrogen-bond donors (Lipinski definition) is 1. The zero-order valence-corrected chi connectivity index (χ0v) is 16.6. The largest absolute Gasteiger partial charge is 0.306 e. The number of nitrogens with zero attached hydrogens (tertiary/aromatic N) is 3. The van der Waals surface area contributed by atoms with Crippen molar-refractivity contribution in [1.29, 1.82) is 0 Å². The minimum atomic E-state index is 0.212. The highest BCUT2D eigenvalue weighted by Crippen LogP contribution is 2.26. The van der Waals surface area contributed by atoms with Crippen LogP contribution in [0.3, 0.4) is 0 Å². The Balaban J connectivity index is 1.76. The van der Waals surface area contributed by atoms with Gasteiger partial charge in [-0.1, -0.05) is 35.3 Å². The molecule has 0 aliphatic rings. The Morgan fingerprint density at radius 2 is 1.81 bits per heavy atom. The zero-order chi connectivity index (χ0) is 18.7. The average molecular weight is 389 g/mol. The number of rotatable bonds is 6. The first-order chi connectivity index (χ1) is 12.5. The monoisotopic (exact) mass is 388 g/mol. The molecule has 0 bridgehead atoms. The summed E-state index contributed by atoms with van der Waals surface area (Å²) in [5.41, 5.74) is 5.38. The van der Waals surface area contributed by atoms with Crippen molar-refractivity contribution in [3.63, 3.8) is 0 Å². The molecule has 1 atom stereocenters. The Labute approximate surface area is 164 Å². The molecule has 2 heterocycles. The van der Waals surface area contributed by atoms with E-state index in [-0.39, 0.29) is 6.04 Å². The first kappa shape index (κ1) is 18.9. The van der Waals surface area contributed by atoms with Crippen molar-refractivity contribution >= 4 is 23.2 Å². The van der Waals surface area contributed by atoms with Gasteiger partial charge >= 0.3 is 0 Å². The molecule has 0 aliphatic heterocycles. The number of halogens is 2. The Hall–Kier alpha value is -1.88. The molecule has 4 nitrogen and oxygen atoms in total. The molecule has 0 amide bonds. The number of aryl methyl sites for hydroxylation is 1. The van der Waals surface area contributed by atoms with E-state index in [4.69, 9.17) is 23.2 Å². The van der Waals surface area contributed by atoms with Gasteiger partial charge in [0.05, 0.1) is 12.2 Å². The smallest absolute Gasteiger partial charge is 0.0692 e. The Kier molecular flexibility index (Phi) is 5.97. The van der Waals surface area contributed by atoms with E-state index < -0.39 is 0 Å². The van der Waals surface area contributed by atoms with Crippen molar-refractivity contribution in [3.05, 3.63) is 80.8 Å². The van der Waals surface area contributed by atoms with Crippen molar-refractivity contribution in [2.45, 2.75) is 39.9 Å². The predicted octanol–water partition coefficient (Wildman–Crippen LogP) is 5.10. The van der Waals surface area contributed by atoms with Crippen LogP contribution in [0.25, 0.3) is 0 Å². The van der Waals surface area contributed by atoms with Crippen molar-refractivity contribution < 1.29 is 0 Å². The third-order valence-electron chi connectivity index (χ3n) is 4.67. The van der Waals surface area contributed by atoms with Crippen LogP contribution in [0.2, 0.25) is 10.0 Å². The third kappa shape index (κ3) is 4.09. The molecule has 2 aromatic heterocycles. The van der Waals surface area contributed by atoms with Crippen molar-refractivity contribution in [2.75, 3.05) is 0 Å². The Morgan fingerprint density at radius 1 is 1.08 bits per heavy atom. The number of nitrogens with one attached hydrogen (secondary N) is 1. The molecule has 0 saturated carbocycles. The fourth-order valence-electron chi connectivity index (χ4n) is 2.98. The summed E-state index contributed by atoms with van der Waals surface area (Å²) in [7, 11) is 0. The van der Waals surface area contributed by atoms with Gasteiger partial charge < -0.3 is 5.32 Å². The molecule has 0 aliphatic carbocycles. The third-order valence-corrected chi connectivity index (χ3v) is 5.38. The quantitative estimate of drug-likeness (QED) is 0.638. The van der Waals surface area contributed by atoms with Crippen LogP contribution in [0.15, 0.2) is 42.7 Å². The molecule has 0 spiro atoms. The molecule has 3 rings (SSSR count). The summed E-state index contributed by atoms with van der Waals surface area (Å²) in [6.07, 6.45) is 3.68. The highest BCUT2D eigenvalue weighted by molar-refractivity contribution is 6.35. The zero-order valence-electron chi connectivity index (χ0n) is 15.1. The van der Waals surface area contributed by atoms with E-state index in [9.17, 15) is 0 Å². The summed E-state index contributed by atoms with van der Waals surface area (Å²) >= 11 is 12.6. The van der Waals surface area contributed by atoms with Gasteiger partial charge in [-0.3, -0.25) is 9.67 Å². The van der Waals surface area contributed by atoms with Gasteiger partial charge in [-0.25, -0.2) is 0 Å². The highest BCUT2D eigenvalue weighted by Gasteiger charge is 2.15. The summed E-state index contributed by atoms with van der Waals surface area (Å²) in [6, 6.07) is 9.80.